The molecule has 1 aromatic carbocycles. The highest BCUT2D eigenvalue weighted by molar-refractivity contribution is 9.10. The van der Waals surface area contributed by atoms with Crippen LogP contribution >= 0.6 is 15.9 Å². The maximum absolute atomic E-state index is 12.7. The van der Waals surface area contributed by atoms with Crippen molar-refractivity contribution in [3.8, 4) is 0 Å². The normalized spacial score (nSPS) is 15.4. The summed E-state index contributed by atoms with van der Waals surface area (Å²) in [6.45, 7) is 0.349. The highest BCUT2D eigenvalue weighted by Crippen LogP contribution is 2.27. The van der Waals surface area contributed by atoms with Gasteiger partial charge in [-0.15, -0.1) is 0 Å². The molecule has 122 valence electrons. The molecule has 0 unspecified atom stereocenters. The Morgan fingerprint density at radius 2 is 1.96 bits per heavy atom. The van der Waals surface area contributed by atoms with Crippen molar-refractivity contribution in [2.45, 2.75) is 17.9 Å². The van der Waals surface area contributed by atoms with Crippen molar-refractivity contribution < 1.29 is 18.3 Å². The first kappa shape index (κ1) is 16.2. The van der Waals surface area contributed by atoms with Crippen LogP contribution in [-0.4, -0.2) is 40.1 Å². The van der Waals surface area contributed by atoms with E-state index in [1.54, 1.807) is 31.3 Å². The fraction of sp³-hybridized carbons (Fsp3) is 0.286. The number of aromatic nitrogens is 2. The van der Waals surface area contributed by atoms with E-state index in [-0.39, 0.29) is 23.7 Å². The molecule has 9 heteroatoms. The van der Waals surface area contributed by atoms with Crippen molar-refractivity contribution in [2.75, 3.05) is 6.54 Å². The number of aromatic carboxylic acids is 1. The van der Waals surface area contributed by atoms with Gasteiger partial charge < -0.3 is 5.11 Å². The van der Waals surface area contributed by atoms with Gasteiger partial charge in [0, 0.05) is 23.6 Å². The largest absolute Gasteiger partial charge is 0.476 e. The number of fused-ring (bicyclic) bond motifs is 1. The third kappa shape index (κ3) is 2.79. The molecule has 23 heavy (non-hydrogen) atoms. The summed E-state index contributed by atoms with van der Waals surface area (Å²) in [4.78, 5) is 11.4. The van der Waals surface area contributed by atoms with Crippen LogP contribution in [0, 0.1) is 0 Å². The Kier molecular flexibility index (Phi) is 4.03. The predicted octanol–water partition coefficient (Wildman–Crippen LogP) is 1.63. The SMILES string of the molecule is Cn1nc(C(=O)O)c2c1CN(S(=O)(=O)c1ccc(Br)cc1)CC2. The summed E-state index contributed by atoms with van der Waals surface area (Å²) in [7, 11) is -2.00. The van der Waals surface area contributed by atoms with Gasteiger partial charge in [0.25, 0.3) is 0 Å². The molecule has 1 aliphatic heterocycles. The van der Waals surface area contributed by atoms with Gasteiger partial charge in [0.1, 0.15) is 0 Å². The molecule has 3 rings (SSSR count). The van der Waals surface area contributed by atoms with Crippen molar-refractivity contribution in [1.29, 1.82) is 0 Å². The van der Waals surface area contributed by atoms with Crippen LogP contribution in [0.25, 0.3) is 0 Å². The number of rotatable bonds is 3. The zero-order valence-corrected chi connectivity index (χ0v) is 14.6. The van der Waals surface area contributed by atoms with Gasteiger partial charge in [0.05, 0.1) is 17.1 Å². The van der Waals surface area contributed by atoms with Crippen molar-refractivity contribution in [3.63, 3.8) is 0 Å². The molecule has 0 fully saturated rings. The van der Waals surface area contributed by atoms with Crippen molar-refractivity contribution in [1.82, 2.24) is 14.1 Å². The molecule has 2 heterocycles. The maximum atomic E-state index is 12.7. The van der Waals surface area contributed by atoms with E-state index in [1.165, 1.54) is 8.99 Å². The molecule has 1 aromatic heterocycles. The molecule has 0 bridgehead atoms. The highest BCUT2D eigenvalue weighted by atomic mass is 79.9. The lowest BCUT2D eigenvalue weighted by atomic mass is 10.1. The molecule has 0 saturated carbocycles. The number of carbonyl (C=O) groups is 1. The number of hydrogen-bond acceptors (Lipinski definition) is 4. The monoisotopic (exact) mass is 399 g/mol. The number of carboxylic acid groups (broad SMARTS) is 1. The summed E-state index contributed by atoms with van der Waals surface area (Å²) in [5.41, 5.74) is 1.24. The number of aryl methyl sites for hydroxylation is 1. The maximum Gasteiger partial charge on any atom is 0.356 e. The average Bonchev–Trinajstić information content (AvgIpc) is 2.85. The van der Waals surface area contributed by atoms with Crippen LogP contribution in [0.3, 0.4) is 0 Å². The lowest BCUT2D eigenvalue weighted by molar-refractivity contribution is 0.0688. The minimum absolute atomic E-state index is 0.00295. The van der Waals surface area contributed by atoms with Crippen LogP contribution in [0.4, 0.5) is 0 Å². The average molecular weight is 400 g/mol. The van der Waals surface area contributed by atoms with E-state index in [9.17, 15) is 18.3 Å². The van der Waals surface area contributed by atoms with E-state index in [0.717, 1.165) is 4.47 Å². The second-order valence-corrected chi connectivity index (χ2v) is 8.10. The van der Waals surface area contributed by atoms with Gasteiger partial charge in [-0.1, -0.05) is 15.9 Å². The quantitative estimate of drug-likeness (QED) is 0.846. The summed E-state index contributed by atoms with van der Waals surface area (Å²) >= 11 is 3.28. The molecule has 0 radical (unpaired) electrons. The Morgan fingerprint density at radius 1 is 1.30 bits per heavy atom. The standard InChI is InChI=1S/C14H14BrN3O4S/c1-17-12-8-18(7-6-11(12)13(16-17)14(19)20)23(21,22)10-4-2-9(15)3-5-10/h2-5H,6-8H2,1H3,(H,19,20). The molecule has 0 atom stereocenters. The van der Waals surface area contributed by atoms with Gasteiger partial charge in [0.2, 0.25) is 10.0 Å². The topological polar surface area (TPSA) is 92.5 Å². The molecule has 0 saturated heterocycles. The summed E-state index contributed by atoms with van der Waals surface area (Å²) in [5, 5.41) is 13.2. The van der Waals surface area contributed by atoms with Gasteiger partial charge in [0.15, 0.2) is 5.69 Å². The van der Waals surface area contributed by atoms with Crippen molar-refractivity contribution in [2.24, 2.45) is 7.05 Å². The smallest absolute Gasteiger partial charge is 0.356 e. The first-order chi connectivity index (χ1) is 10.8. The van der Waals surface area contributed by atoms with Crippen LogP contribution in [0.2, 0.25) is 0 Å². The molecule has 7 nitrogen and oxygen atoms in total. The predicted molar refractivity (Wildman–Crippen MR) is 85.6 cm³/mol. The van der Waals surface area contributed by atoms with Gasteiger partial charge in [-0.25, -0.2) is 13.2 Å². The molecule has 0 spiro atoms. The van der Waals surface area contributed by atoms with Crippen LogP contribution in [0.1, 0.15) is 21.7 Å². The lowest BCUT2D eigenvalue weighted by Gasteiger charge is -2.26. The third-order valence-corrected chi connectivity index (χ3v) is 6.25. The van der Waals surface area contributed by atoms with Gasteiger partial charge in [-0.05, 0) is 30.7 Å². The first-order valence-corrected chi connectivity index (χ1v) is 9.08. The van der Waals surface area contributed by atoms with Crippen LogP contribution < -0.4 is 0 Å². The number of benzene rings is 1. The Hall–Kier alpha value is -1.71. The Morgan fingerprint density at radius 3 is 2.57 bits per heavy atom. The number of halogens is 1. The zero-order valence-electron chi connectivity index (χ0n) is 12.2. The molecular formula is C14H14BrN3O4S. The van der Waals surface area contributed by atoms with Crippen LogP contribution in [0.15, 0.2) is 33.6 Å². The summed E-state index contributed by atoms with van der Waals surface area (Å²) < 4.78 is 29.1. The molecular weight excluding hydrogens is 386 g/mol. The van der Waals surface area contributed by atoms with Gasteiger partial charge in [-0.2, -0.15) is 9.40 Å². The molecule has 0 aliphatic carbocycles. The minimum Gasteiger partial charge on any atom is -0.476 e. The Bertz CT molecular complexity index is 874. The lowest BCUT2D eigenvalue weighted by Crippen LogP contribution is -2.36. The van der Waals surface area contributed by atoms with E-state index in [0.29, 0.717) is 17.7 Å². The second kappa shape index (κ2) is 5.73. The van der Waals surface area contributed by atoms with Crippen LogP contribution in [-0.2, 0) is 30.0 Å². The highest BCUT2D eigenvalue weighted by Gasteiger charge is 2.33. The molecule has 0 amide bonds. The van der Waals surface area contributed by atoms with E-state index in [1.807, 2.05) is 0 Å². The zero-order chi connectivity index (χ0) is 16.8. The summed E-state index contributed by atoms with van der Waals surface area (Å²) in [5.74, 6) is -1.09. The Balaban J connectivity index is 1.96. The van der Waals surface area contributed by atoms with E-state index >= 15 is 0 Å². The second-order valence-electron chi connectivity index (χ2n) is 5.25. The van der Waals surface area contributed by atoms with Crippen molar-refractivity contribution in [3.05, 3.63) is 45.7 Å². The minimum atomic E-state index is -3.63. The van der Waals surface area contributed by atoms with E-state index in [2.05, 4.69) is 21.0 Å². The van der Waals surface area contributed by atoms with Crippen LogP contribution in [0.5, 0.6) is 0 Å². The third-order valence-electron chi connectivity index (χ3n) is 3.87. The van der Waals surface area contributed by atoms with Gasteiger partial charge in [-0.3, -0.25) is 4.68 Å². The Labute approximate surface area is 141 Å². The number of carboxylic acids is 1. The fourth-order valence-electron chi connectivity index (χ4n) is 2.68. The summed E-state index contributed by atoms with van der Waals surface area (Å²) in [6, 6.07) is 6.44. The van der Waals surface area contributed by atoms with E-state index < -0.39 is 16.0 Å². The number of nitrogens with zero attached hydrogens (tertiary/aromatic N) is 3. The molecule has 2 aromatic rings. The van der Waals surface area contributed by atoms with E-state index in [4.69, 9.17) is 0 Å². The number of sulfonamides is 1. The molecule has 1 aliphatic rings. The molecule has 1 N–H and O–H groups in total. The fourth-order valence-corrected chi connectivity index (χ4v) is 4.34. The number of hydrogen-bond donors (Lipinski definition) is 1. The first-order valence-electron chi connectivity index (χ1n) is 6.84. The summed E-state index contributed by atoms with van der Waals surface area (Å²) in [6.07, 6.45) is 0.334. The van der Waals surface area contributed by atoms with Crippen molar-refractivity contribution >= 4 is 31.9 Å². The van der Waals surface area contributed by atoms with Gasteiger partial charge >= 0.3 is 5.97 Å².